The molecule has 22 heavy (non-hydrogen) atoms. The maximum Gasteiger partial charge on any atom is 0.226 e. The largest absolute Gasteiger partial charge is 0.356 e. The van der Waals surface area contributed by atoms with Crippen molar-refractivity contribution in [2.45, 2.75) is 25.7 Å². The number of imide groups is 1. The fraction of sp³-hybridized carbons (Fsp3) is 0.400. The zero-order valence-corrected chi connectivity index (χ0v) is 14.2. The Labute approximate surface area is 141 Å². The average molecular weight is 388 g/mol. The van der Waals surface area contributed by atoms with E-state index in [4.69, 9.17) is 11.6 Å². The molecule has 7 heteroatoms. The minimum Gasteiger partial charge on any atom is -0.356 e. The molecule has 0 aliphatic carbocycles. The lowest BCUT2D eigenvalue weighted by atomic mass is 9.93. The van der Waals surface area contributed by atoms with Crippen LogP contribution in [0.4, 0.5) is 0 Å². The number of hydrogen-bond acceptors (Lipinski definition) is 3. The molecule has 1 fully saturated rings. The predicted molar refractivity (Wildman–Crippen MR) is 86.4 cm³/mol. The first-order valence-electron chi connectivity index (χ1n) is 6.97. The summed E-state index contributed by atoms with van der Waals surface area (Å²) in [6.07, 6.45) is 1.28. The van der Waals surface area contributed by atoms with Crippen LogP contribution in [0.15, 0.2) is 22.7 Å². The van der Waals surface area contributed by atoms with Gasteiger partial charge in [-0.1, -0.05) is 27.5 Å². The van der Waals surface area contributed by atoms with Crippen molar-refractivity contribution < 1.29 is 14.4 Å². The highest BCUT2D eigenvalue weighted by Gasteiger charge is 2.26. The number of hydrogen-bond donors (Lipinski definition) is 2. The van der Waals surface area contributed by atoms with Gasteiger partial charge in [-0.15, -0.1) is 0 Å². The summed E-state index contributed by atoms with van der Waals surface area (Å²) < 4.78 is 0.945. The van der Waals surface area contributed by atoms with Gasteiger partial charge < -0.3 is 5.32 Å². The van der Waals surface area contributed by atoms with Crippen molar-refractivity contribution in [2.24, 2.45) is 5.92 Å². The number of amides is 3. The first-order chi connectivity index (χ1) is 10.4. The van der Waals surface area contributed by atoms with Gasteiger partial charge in [-0.25, -0.2) is 0 Å². The molecule has 2 N–H and O–H groups in total. The Morgan fingerprint density at radius 3 is 2.68 bits per heavy atom. The molecule has 1 aromatic rings. The van der Waals surface area contributed by atoms with Crippen LogP contribution in [-0.4, -0.2) is 24.3 Å². The normalized spacial score (nSPS) is 15.5. The first kappa shape index (κ1) is 17.0. The molecule has 0 radical (unpaired) electrons. The standard InChI is InChI=1S/C15H16BrClN2O3/c16-12-2-1-11(17)8-10(12)3-4-18-13(20)5-9-6-14(21)19-15(22)7-9/h1-2,8-9H,3-7H2,(H,18,20)(H,19,21,22). The van der Waals surface area contributed by atoms with Crippen molar-refractivity contribution in [1.82, 2.24) is 10.6 Å². The molecule has 0 bridgehead atoms. The number of carbonyl (C=O) groups is 3. The minimum atomic E-state index is -0.308. The van der Waals surface area contributed by atoms with E-state index in [0.29, 0.717) is 18.0 Å². The van der Waals surface area contributed by atoms with E-state index < -0.39 is 0 Å². The molecule has 1 aromatic carbocycles. The van der Waals surface area contributed by atoms with Crippen LogP contribution in [0.1, 0.15) is 24.8 Å². The predicted octanol–water partition coefficient (Wildman–Crippen LogP) is 2.20. The quantitative estimate of drug-likeness (QED) is 0.761. The van der Waals surface area contributed by atoms with Crippen LogP contribution in [0.5, 0.6) is 0 Å². The summed E-state index contributed by atoms with van der Waals surface area (Å²) in [5.41, 5.74) is 1.01. The third-order valence-electron chi connectivity index (χ3n) is 3.43. The molecule has 5 nitrogen and oxygen atoms in total. The molecule has 1 saturated heterocycles. The molecule has 0 unspecified atom stereocenters. The molecule has 0 saturated carbocycles. The average Bonchev–Trinajstić information content (AvgIpc) is 2.41. The maximum absolute atomic E-state index is 11.9. The van der Waals surface area contributed by atoms with Crippen LogP contribution in [-0.2, 0) is 20.8 Å². The van der Waals surface area contributed by atoms with Gasteiger partial charge in [-0.3, -0.25) is 19.7 Å². The molecule has 0 aromatic heterocycles. The number of carbonyl (C=O) groups excluding carboxylic acids is 3. The fourth-order valence-corrected chi connectivity index (χ4v) is 3.04. The van der Waals surface area contributed by atoms with Gasteiger partial charge in [0.25, 0.3) is 0 Å². The smallest absolute Gasteiger partial charge is 0.226 e. The van der Waals surface area contributed by atoms with Crippen LogP contribution >= 0.6 is 27.5 Å². The van der Waals surface area contributed by atoms with Crippen molar-refractivity contribution >= 4 is 45.3 Å². The first-order valence-corrected chi connectivity index (χ1v) is 8.14. The van der Waals surface area contributed by atoms with Gasteiger partial charge in [0.15, 0.2) is 0 Å². The van der Waals surface area contributed by atoms with E-state index in [0.717, 1.165) is 10.0 Å². The van der Waals surface area contributed by atoms with Gasteiger partial charge in [0.1, 0.15) is 0 Å². The second kappa shape index (κ2) is 7.74. The van der Waals surface area contributed by atoms with E-state index >= 15 is 0 Å². The lowest BCUT2D eigenvalue weighted by Crippen LogP contribution is -2.40. The highest BCUT2D eigenvalue weighted by molar-refractivity contribution is 9.10. The Bertz CT molecular complexity index is 590. The van der Waals surface area contributed by atoms with Gasteiger partial charge in [0.05, 0.1) is 0 Å². The van der Waals surface area contributed by atoms with E-state index in [1.165, 1.54) is 0 Å². The Hall–Kier alpha value is -1.40. The number of benzene rings is 1. The molecular weight excluding hydrogens is 372 g/mol. The second-order valence-electron chi connectivity index (χ2n) is 5.29. The summed E-state index contributed by atoms with van der Waals surface area (Å²) in [5, 5.41) is 5.69. The van der Waals surface area contributed by atoms with Crippen LogP contribution in [0.2, 0.25) is 5.02 Å². The molecule has 3 amide bonds. The lowest BCUT2D eigenvalue weighted by molar-refractivity contribution is -0.135. The van der Waals surface area contributed by atoms with E-state index in [-0.39, 0.29) is 42.9 Å². The lowest BCUT2D eigenvalue weighted by Gasteiger charge is -2.20. The van der Waals surface area contributed by atoms with Crippen LogP contribution in [0, 0.1) is 5.92 Å². The number of nitrogens with one attached hydrogen (secondary N) is 2. The van der Waals surface area contributed by atoms with E-state index in [1.54, 1.807) is 6.07 Å². The highest BCUT2D eigenvalue weighted by Crippen LogP contribution is 2.21. The van der Waals surface area contributed by atoms with Crippen LogP contribution in [0.3, 0.4) is 0 Å². The van der Waals surface area contributed by atoms with E-state index in [9.17, 15) is 14.4 Å². The third-order valence-corrected chi connectivity index (χ3v) is 4.43. The summed E-state index contributed by atoms with van der Waals surface area (Å²) in [6.45, 7) is 0.477. The van der Waals surface area contributed by atoms with Crippen LogP contribution < -0.4 is 10.6 Å². The second-order valence-corrected chi connectivity index (χ2v) is 6.58. The Balaban J connectivity index is 1.77. The van der Waals surface area contributed by atoms with Crippen molar-refractivity contribution in [3.63, 3.8) is 0 Å². The Kier molecular flexibility index (Phi) is 5.97. The zero-order chi connectivity index (χ0) is 16.1. The van der Waals surface area contributed by atoms with Crippen molar-refractivity contribution in [3.8, 4) is 0 Å². The van der Waals surface area contributed by atoms with Crippen molar-refractivity contribution in [1.29, 1.82) is 0 Å². The van der Waals surface area contributed by atoms with Crippen molar-refractivity contribution in [3.05, 3.63) is 33.3 Å². The Morgan fingerprint density at radius 1 is 1.32 bits per heavy atom. The molecule has 2 rings (SSSR count). The molecule has 1 aliphatic heterocycles. The van der Waals surface area contributed by atoms with Gasteiger partial charge in [0.2, 0.25) is 17.7 Å². The van der Waals surface area contributed by atoms with E-state index in [2.05, 4.69) is 26.6 Å². The van der Waals surface area contributed by atoms with E-state index in [1.807, 2.05) is 12.1 Å². The summed E-state index contributed by atoms with van der Waals surface area (Å²) in [6, 6.07) is 5.51. The van der Waals surface area contributed by atoms with Gasteiger partial charge in [-0.05, 0) is 36.1 Å². The fourth-order valence-electron chi connectivity index (χ4n) is 2.40. The summed E-state index contributed by atoms with van der Waals surface area (Å²) >= 11 is 9.37. The maximum atomic E-state index is 11.9. The highest BCUT2D eigenvalue weighted by atomic mass is 79.9. The summed E-state index contributed by atoms with van der Waals surface area (Å²) in [7, 11) is 0. The molecule has 118 valence electrons. The zero-order valence-electron chi connectivity index (χ0n) is 11.8. The summed E-state index contributed by atoms with van der Waals surface area (Å²) in [5.74, 6) is -0.973. The van der Waals surface area contributed by atoms with Gasteiger partial charge >= 0.3 is 0 Å². The van der Waals surface area contributed by atoms with Crippen molar-refractivity contribution in [2.75, 3.05) is 6.54 Å². The number of piperidine rings is 1. The van der Waals surface area contributed by atoms with Crippen LogP contribution in [0.25, 0.3) is 0 Å². The molecule has 0 atom stereocenters. The monoisotopic (exact) mass is 386 g/mol. The Morgan fingerprint density at radius 2 is 2.00 bits per heavy atom. The third kappa shape index (κ3) is 5.10. The molecule has 1 heterocycles. The molecule has 1 aliphatic rings. The number of halogens is 2. The van der Waals surface area contributed by atoms with Gasteiger partial charge in [0, 0.05) is 35.3 Å². The summed E-state index contributed by atoms with van der Waals surface area (Å²) in [4.78, 5) is 34.4. The number of rotatable bonds is 5. The molecule has 0 spiro atoms. The molecular formula is C15H16BrClN2O3. The SMILES string of the molecule is O=C(CC1CC(=O)NC(=O)C1)NCCc1cc(Cl)ccc1Br. The topological polar surface area (TPSA) is 75.3 Å². The minimum absolute atomic E-state index is 0.148. The van der Waals surface area contributed by atoms with Gasteiger partial charge in [-0.2, -0.15) is 0 Å².